The summed E-state index contributed by atoms with van der Waals surface area (Å²) in [5.74, 6) is 3.73. The van der Waals surface area contributed by atoms with Gasteiger partial charge >= 0.3 is 5.97 Å². The number of hydrogen-bond acceptors (Lipinski definition) is 2. The number of carbonyl (C=O) groups is 1. The van der Waals surface area contributed by atoms with Gasteiger partial charge in [-0.3, -0.25) is 4.79 Å². The van der Waals surface area contributed by atoms with Crippen LogP contribution >= 0.6 is 0 Å². The molecule has 2 nitrogen and oxygen atoms in total. The van der Waals surface area contributed by atoms with E-state index in [4.69, 9.17) is 4.74 Å². The van der Waals surface area contributed by atoms with E-state index in [0.717, 1.165) is 38.0 Å². The number of aryl methyl sites for hydroxylation is 1. The number of rotatable bonds is 6. The normalized spacial score (nSPS) is 31.6. The van der Waals surface area contributed by atoms with E-state index in [0.29, 0.717) is 29.1 Å². The molecule has 0 spiro atoms. The molecule has 204 valence electrons. The van der Waals surface area contributed by atoms with Gasteiger partial charge in [-0.05, 0) is 121 Å². The average Bonchev–Trinajstić information content (AvgIpc) is 3.25. The van der Waals surface area contributed by atoms with Gasteiger partial charge in [-0.15, -0.1) is 0 Å². The predicted octanol–water partition coefficient (Wildman–Crippen LogP) is 8.91. The lowest BCUT2D eigenvalue weighted by Gasteiger charge is -2.45. The molecule has 0 aliphatic heterocycles. The summed E-state index contributed by atoms with van der Waals surface area (Å²) in [5, 5.41) is 0. The van der Waals surface area contributed by atoms with Gasteiger partial charge in [-0.2, -0.15) is 0 Å². The van der Waals surface area contributed by atoms with Crippen molar-refractivity contribution in [1.82, 2.24) is 0 Å². The van der Waals surface area contributed by atoms with E-state index < -0.39 is 0 Å². The highest BCUT2D eigenvalue weighted by Gasteiger charge is 2.51. The number of carbonyl (C=O) groups excluding carboxylic acids is 1. The molecule has 0 aromatic heterocycles. The molecular weight excluding hydrogens is 452 g/mol. The summed E-state index contributed by atoms with van der Waals surface area (Å²) in [6.45, 7) is 14.5. The largest absolute Gasteiger partial charge is 0.462 e. The average molecular weight is 505 g/mol. The quantitative estimate of drug-likeness (QED) is 0.285. The molecule has 6 unspecified atom stereocenters. The lowest BCUT2D eigenvalue weighted by molar-refractivity contribution is -0.155. The molecule has 4 aliphatic carbocycles. The molecule has 37 heavy (non-hydrogen) atoms. The van der Waals surface area contributed by atoms with Crippen LogP contribution in [-0.2, 0) is 28.8 Å². The van der Waals surface area contributed by atoms with Crippen LogP contribution in [-0.4, -0.2) is 12.1 Å². The lowest BCUT2D eigenvalue weighted by Crippen LogP contribution is -2.36. The van der Waals surface area contributed by atoms with E-state index >= 15 is 0 Å². The van der Waals surface area contributed by atoms with Gasteiger partial charge in [0, 0.05) is 6.42 Å². The van der Waals surface area contributed by atoms with Gasteiger partial charge in [-0.1, -0.05) is 72.1 Å². The second kappa shape index (κ2) is 10.9. The molecule has 0 bridgehead atoms. The third-order valence-corrected chi connectivity index (χ3v) is 11.5. The Balaban J connectivity index is 1.32. The predicted molar refractivity (Wildman–Crippen MR) is 154 cm³/mol. The number of fused-ring (bicyclic) bond motifs is 4. The molecule has 0 amide bonds. The van der Waals surface area contributed by atoms with Crippen LogP contribution in [0.1, 0.15) is 126 Å². The van der Waals surface area contributed by atoms with Gasteiger partial charge in [0.15, 0.2) is 0 Å². The zero-order valence-corrected chi connectivity index (χ0v) is 24.6. The summed E-state index contributed by atoms with van der Waals surface area (Å²) in [6, 6.07) is 2.61. The molecular formula is C35H52O2. The van der Waals surface area contributed by atoms with Gasteiger partial charge < -0.3 is 4.74 Å². The fourth-order valence-electron chi connectivity index (χ4n) is 8.60. The van der Waals surface area contributed by atoms with Crippen molar-refractivity contribution in [2.75, 3.05) is 0 Å². The Kier molecular flexibility index (Phi) is 7.95. The zero-order chi connectivity index (χ0) is 26.3. The first kappa shape index (κ1) is 27.0. The molecule has 2 saturated carbocycles. The first-order chi connectivity index (χ1) is 17.7. The number of benzene rings is 1. The van der Waals surface area contributed by atoms with E-state index in [1.807, 2.05) is 0 Å². The highest BCUT2D eigenvalue weighted by molar-refractivity contribution is 5.72. The fraction of sp³-hybridized carbons (Fsp3) is 0.743. The van der Waals surface area contributed by atoms with Crippen LogP contribution < -0.4 is 0 Å². The van der Waals surface area contributed by atoms with E-state index in [9.17, 15) is 4.79 Å². The van der Waals surface area contributed by atoms with Gasteiger partial charge in [0.05, 0.1) is 5.92 Å². The van der Waals surface area contributed by atoms with E-state index in [2.05, 4.69) is 59.8 Å². The van der Waals surface area contributed by atoms with Gasteiger partial charge in [0.25, 0.3) is 0 Å². The minimum atomic E-state index is 0.0734. The number of ether oxygens (including phenoxy) is 1. The topological polar surface area (TPSA) is 26.3 Å². The Morgan fingerprint density at radius 3 is 2.46 bits per heavy atom. The Bertz CT molecular complexity index is 1010. The molecule has 0 N–H and O–H groups in total. The van der Waals surface area contributed by atoms with Crippen LogP contribution in [0.4, 0.5) is 0 Å². The molecule has 0 radical (unpaired) electrons. The van der Waals surface area contributed by atoms with Crippen LogP contribution in [0.3, 0.4) is 0 Å². The highest BCUT2D eigenvalue weighted by atomic mass is 16.5. The van der Waals surface area contributed by atoms with Gasteiger partial charge in [-0.25, -0.2) is 0 Å². The van der Waals surface area contributed by atoms with Crippen molar-refractivity contribution >= 4 is 5.97 Å². The van der Waals surface area contributed by atoms with Crippen molar-refractivity contribution in [1.29, 1.82) is 0 Å². The lowest BCUT2D eigenvalue weighted by atomic mass is 9.60. The Morgan fingerprint density at radius 2 is 1.73 bits per heavy atom. The van der Waals surface area contributed by atoms with Crippen LogP contribution in [0.2, 0.25) is 0 Å². The molecule has 5 rings (SSSR count). The monoisotopic (exact) mass is 504 g/mol. The van der Waals surface area contributed by atoms with Crippen LogP contribution in [0.25, 0.3) is 0 Å². The zero-order valence-electron chi connectivity index (χ0n) is 24.6. The smallest absolute Gasteiger partial charge is 0.309 e. The molecule has 2 fully saturated rings. The van der Waals surface area contributed by atoms with Crippen LogP contribution in [0.5, 0.6) is 0 Å². The van der Waals surface area contributed by atoms with Gasteiger partial charge in [0.1, 0.15) is 6.10 Å². The number of hydrogen-bond donors (Lipinski definition) is 0. The van der Waals surface area contributed by atoms with Crippen LogP contribution in [0, 0.1) is 41.9 Å². The Labute approximate surface area is 227 Å². The minimum Gasteiger partial charge on any atom is -0.462 e. The van der Waals surface area contributed by atoms with Crippen molar-refractivity contribution in [2.24, 2.45) is 35.0 Å². The highest BCUT2D eigenvalue weighted by Crippen LogP contribution is 2.61. The summed E-state index contributed by atoms with van der Waals surface area (Å²) in [4.78, 5) is 12.8. The van der Waals surface area contributed by atoms with Crippen LogP contribution in [0.15, 0.2) is 18.2 Å². The molecule has 0 heterocycles. The van der Waals surface area contributed by atoms with Crippen molar-refractivity contribution in [2.45, 2.75) is 131 Å². The maximum absolute atomic E-state index is 12.8. The summed E-state index contributed by atoms with van der Waals surface area (Å²) < 4.78 is 6.12. The maximum Gasteiger partial charge on any atom is 0.309 e. The molecule has 2 heteroatoms. The van der Waals surface area contributed by atoms with Gasteiger partial charge in [0.2, 0.25) is 0 Å². The third kappa shape index (κ3) is 5.20. The second-order valence-corrected chi connectivity index (χ2v) is 13.9. The Morgan fingerprint density at radius 1 is 0.973 bits per heavy atom. The molecule has 1 aromatic carbocycles. The van der Waals surface area contributed by atoms with E-state index in [1.165, 1.54) is 56.1 Å². The van der Waals surface area contributed by atoms with Crippen molar-refractivity contribution in [3.63, 3.8) is 0 Å². The molecule has 6 atom stereocenters. The molecule has 1 aromatic rings. The summed E-state index contributed by atoms with van der Waals surface area (Å²) in [7, 11) is 0. The molecule has 4 aliphatic rings. The van der Waals surface area contributed by atoms with E-state index in [-0.39, 0.29) is 18.0 Å². The summed E-state index contributed by atoms with van der Waals surface area (Å²) in [6.07, 6.45) is 19.0. The Hall–Kier alpha value is -1.57. The van der Waals surface area contributed by atoms with Crippen molar-refractivity contribution in [3.05, 3.63) is 46.0 Å². The fourth-order valence-corrected chi connectivity index (χ4v) is 8.60. The maximum atomic E-state index is 12.8. The number of allylic oxidation sites excluding steroid dienone is 2. The minimum absolute atomic E-state index is 0.0734. The molecule has 0 saturated heterocycles. The second-order valence-electron chi connectivity index (χ2n) is 13.9. The van der Waals surface area contributed by atoms with E-state index in [1.54, 1.807) is 16.7 Å². The summed E-state index contributed by atoms with van der Waals surface area (Å²) in [5.41, 5.74) is 8.30. The van der Waals surface area contributed by atoms with Crippen molar-refractivity contribution < 1.29 is 9.53 Å². The standard InChI is InChI=1S/C35H52O2/c1-22(2)23(3)12-13-24(4)32-16-17-33-31-20-27-14-15-28(37-34(36)26-10-8-7-9-11-26)21-30(27)25(5)29(31)18-19-35(32,33)6/h12-13,20,22-24,26,28,32-33H,7-11,14-19,21H2,1-6H3/b13-12+. The first-order valence-corrected chi connectivity index (χ1v) is 15.7. The van der Waals surface area contributed by atoms with Crippen molar-refractivity contribution in [3.8, 4) is 0 Å². The first-order valence-electron chi connectivity index (χ1n) is 15.7. The number of esters is 1. The third-order valence-electron chi connectivity index (χ3n) is 11.5. The SMILES string of the molecule is Cc1c2c(cc3c1CCC1(C)C3CCC1C(C)/C=C/C(C)C(C)C)CCC(OC(=O)C1CCCCC1)C2. The summed E-state index contributed by atoms with van der Waals surface area (Å²) >= 11 is 0.